The van der Waals surface area contributed by atoms with E-state index in [-0.39, 0.29) is 18.0 Å². The number of aryl methyl sites for hydroxylation is 2. The van der Waals surface area contributed by atoms with Crippen LogP contribution in [0, 0.1) is 13.8 Å². The van der Waals surface area contributed by atoms with Gasteiger partial charge in [-0.2, -0.15) is 0 Å². The van der Waals surface area contributed by atoms with Crippen LogP contribution < -0.4 is 10.1 Å². The van der Waals surface area contributed by atoms with Crippen LogP contribution in [0.25, 0.3) is 0 Å². The summed E-state index contributed by atoms with van der Waals surface area (Å²) in [4.78, 5) is 38.1. The van der Waals surface area contributed by atoms with Crippen LogP contribution in [-0.2, 0) is 9.53 Å². The molecule has 3 rings (SSSR count). The summed E-state index contributed by atoms with van der Waals surface area (Å²) in [5, 5.41) is 3.10. The van der Waals surface area contributed by atoms with E-state index in [9.17, 15) is 14.4 Å². The molecule has 1 atom stereocenters. The minimum Gasteiger partial charge on any atom is -0.497 e. The summed E-state index contributed by atoms with van der Waals surface area (Å²) in [6.07, 6.45) is -0.105. The van der Waals surface area contributed by atoms with Gasteiger partial charge in [0.15, 0.2) is 18.2 Å². The van der Waals surface area contributed by atoms with Crippen molar-refractivity contribution in [2.24, 2.45) is 0 Å². The van der Waals surface area contributed by atoms with Crippen LogP contribution in [-0.4, -0.2) is 37.3 Å². The lowest BCUT2D eigenvalue weighted by Gasteiger charge is -2.19. The normalized spacial score (nSPS) is 11.4. The molecule has 0 heterocycles. The fraction of sp³-hybridized carbons (Fsp3) is 0.222. The number of anilines is 1. The Hall–Kier alpha value is -3.93. The number of Topliss-reactive ketones (excluding diaryl/α,β-unsaturated/α-hetero) is 2. The maximum absolute atomic E-state index is 12.9. The third kappa shape index (κ3) is 6.53. The van der Waals surface area contributed by atoms with Crippen molar-refractivity contribution < 1.29 is 23.9 Å². The Bertz CT molecular complexity index is 1120. The van der Waals surface area contributed by atoms with Crippen molar-refractivity contribution in [1.82, 2.24) is 0 Å². The molecule has 33 heavy (non-hydrogen) atoms. The number of rotatable bonds is 10. The molecule has 3 aromatic carbocycles. The molecule has 1 N–H and O–H groups in total. The van der Waals surface area contributed by atoms with Gasteiger partial charge in [0.1, 0.15) is 11.8 Å². The predicted molar refractivity (Wildman–Crippen MR) is 127 cm³/mol. The zero-order valence-electron chi connectivity index (χ0n) is 19.0. The molecule has 0 aliphatic heterocycles. The number of methoxy groups -OCH3 is 1. The summed E-state index contributed by atoms with van der Waals surface area (Å²) in [7, 11) is 1.54. The van der Waals surface area contributed by atoms with Gasteiger partial charge in [0.2, 0.25) is 0 Å². The van der Waals surface area contributed by atoms with Gasteiger partial charge in [0.05, 0.1) is 7.11 Å². The molecule has 0 radical (unpaired) electrons. The van der Waals surface area contributed by atoms with Gasteiger partial charge in [-0.15, -0.1) is 0 Å². The molecule has 0 spiro atoms. The first kappa shape index (κ1) is 23.7. The van der Waals surface area contributed by atoms with E-state index in [1.807, 2.05) is 38.1 Å². The minimum atomic E-state index is -0.941. The van der Waals surface area contributed by atoms with Crippen molar-refractivity contribution in [2.75, 3.05) is 19.0 Å². The van der Waals surface area contributed by atoms with E-state index < -0.39 is 18.6 Å². The molecule has 0 aliphatic rings. The molecule has 0 unspecified atom stereocenters. The highest BCUT2D eigenvalue weighted by Gasteiger charge is 2.25. The highest BCUT2D eigenvalue weighted by Crippen LogP contribution is 2.18. The van der Waals surface area contributed by atoms with Crippen LogP contribution in [0.3, 0.4) is 0 Å². The van der Waals surface area contributed by atoms with Crippen molar-refractivity contribution in [3.05, 3.63) is 95.1 Å². The van der Waals surface area contributed by atoms with Gasteiger partial charge in [-0.1, -0.05) is 36.4 Å². The first-order valence-electron chi connectivity index (χ1n) is 10.6. The van der Waals surface area contributed by atoms with Crippen LogP contribution in [0.2, 0.25) is 0 Å². The van der Waals surface area contributed by atoms with E-state index in [4.69, 9.17) is 9.47 Å². The van der Waals surface area contributed by atoms with Gasteiger partial charge in [-0.05, 0) is 61.4 Å². The molecule has 0 aliphatic carbocycles. The Kier molecular flexibility index (Phi) is 7.97. The SMILES string of the molecule is COc1ccc(C(=O)COC(=O)[C@H](CC(=O)c2ccccc2)Nc2ccc(C)c(C)c2)cc1. The van der Waals surface area contributed by atoms with Crippen LogP contribution in [0.15, 0.2) is 72.8 Å². The highest BCUT2D eigenvalue weighted by molar-refractivity contribution is 6.01. The number of nitrogens with one attached hydrogen (secondary N) is 1. The highest BCUT2D eigenvalue weighted by atomic mass is 16.5. The number of ketones is 2. The Morgan fingerprint density at radius 2 is 1.48 bits per heavy atom. The molecule has 0 aromatic heterocycles. The van der Waals surface area contributed by atoms with Gasteiger partial charge in [-0.3, -0.25) is 9.59 Å². The standard InChI is InChI=1S/C27H27NO5/c1-18-9-12-22(15-19(18)2)28-24(16-25(29)20-7-5-4-6-8-20)27(31)33-17-26(30)21-10-13-23(32-3)14-11-21/h4-15,24,28H,16-17H2,1-3H3/t24-/m0/s1. The van der Waals surface area contributed by atoms with Crippen molar-refractivity contribution in [2.45, 2.75) is 26.3 Å². The summed E-state index contributed by atoms with van der Waals surface area (Å²) in [6.45, 7) is 3.54. The van der Waals surface area contributed by atoms with E-state index >= 15 is 0 Å². The molecule has 0 fully saturated rings. The Morgan fingerprint density at radius 1 is 0.818 bits per heavy atom. The fourth-order valence-corrected chi connectivity index (χ4v) is 3.25. The minimum absolute atomic E-state index is 0.105. The number of carbonyl (C=O) groups is 3. The number of hydrogen-bond donors (Lipinski definition) is 1. The van der Waals surface area contributed by atoms with E-state index in [0.717, 1.165) is 11.1 Å². The molecule has 0 saturated carbocycles. The molecule has 170 valence electrons. The van der Waals surface area contributed by atoms with Crippen molar-refractivity contribution in [1.29, 1.82) is 0 Å². The summed E-state index contributed by atoms with van der Waals surface area (Å²) >= 11 is 0. The zero-order chi connectivity index (χ0) is 23.8. The van der Waals surface area contributed by atoms with Gasteiger partial charge >= 0.3 is 5.97 Å². The smallest absolute Gasteiger partial charge is 0.329 e. The molecular weight excluding hydrogens is 418 g/mol. The molecule has 6 heteroatoms. The van der Waals surface area contributed by atoms with E-state index in [1.165, 1.54) is 7.11 Å². The lowest BCUT2D eigenvalue weighted by Crippen LogP contribution is -2.35. The number of esters is 1. The second-order valence-electron chi connectivity index (χ2n) is 7.75. The summed E-state index contributed by atoms with van der Waals surface area (Å²) in [5.41, 5.74) is 3.78. The third-order valence-electron chi connectivity index (χ3n) is 5.38. The largest absolute Gasteiger partial charge is 0.497 e. The van der Waals surface area contributed by atoms with E-state index in [0.29, 0.717) is 22.6 Å². The summed E-state index contributed by atoms with van der Waals surface area (Å²) in [6, 6.07) is 20.1. The van der Waals surface area contributed by atoms with Crippen LogP contribution in [0.5, 0.6) is 5.75 Å². The number of ether oxygens (including phenoxy) is 2. The van der Waals surface area contributed by atoms with Crippen molar-refractivity contribution >= 4 is 23.2 Å². The zero-order valence-corrected chi connectivity index (χ0v) is 19.0. The maximum atomic E-state index is 12.9. The number of carbonyl (C=O) groups excluding carboxylic acids is 3. The van der Waals surface area contributed by atoms with Crippen LogP contribution >= 0.6 is 0 Å². The average Bonchev–Trinajstić information content (AvgIpc) is 2.84. The Morgan fingerprint density at radius 3 is 2.12 bits per heavy atom. The van der Waals surface area contributed by atoms with Crippen LogP contribution in [0.1, 0.15) is 38.3 Å². The molecule has 6 nitrogen and oxygen atoms in total. The third-order valence-corrected chi connectivity index (χ3v) is 5.38. The topological polar surface area (TPSA) is 81.7 Å². The molecule has 0 bridgehead atoms. The average molecular weight is 446 g/mol. The predicted octanol–water partition coefficient (Wildman–Crippen LogP) is 4.79. The number of hydrogen-bond acceptors (Lipinski definition) is 6. The monoisotopic (exact) mass is 445 g/mol. The second kappa shape index (κ2) is 11.1. The van der Waals surface area contributed by atoms with Crippen LogP contribution in [0.4, 0.5) is 5.69 Å². The lowest BCUT2D eigenvalue weighted by atomic mass is 10.0. The fourth-order valence-electron chi connectivity index (χ4n) is 3.25. The number of benzene rings is 3. The van der Waals surface area contributed by atoms with E-state index in [2.05, 4.69) is 5.32 Å². The summed E-state index contributed by atoms with van der Waals surface area (Å²) in [5.74, 6) is -0.583. The van der Waals surface area contributed by atoms with Crippen molar-refractivity contribution in [3.63, 3.8) is 0 Å². The Balaban J connectivity index is 1.72. The molecule has 3 aromatic rings. The Labute approximate surface area is 193 Å². The quantitative estimate of drug-likeness (QED) is 0.357. The molecule has 0 saturated heterocycles. The van der Waals surface area contributed by atoms with Gasteiger partial charge in [-0.25, -0.2) is 4.79 Å². The molecule has 0 amide bonds. The van der Waals surface area contributed by atoms with Gasteiger partial charge in [0.25, 0.3) is 0 Å². The van der Waals surface area contributed by atoms with Crippen molar-refractivity contribution in [3.8, 4) is 5.75 Å². The first-order valence-corrected chi connectivity index (χ1v) is 10.6. The van der Waals surface area contributed by atoms with E-state index in [1.54, 1.807) is 48.5 Å². The van der Waals surface area contributed by atoms with Gasteiger partial charge < -0.3 is 14.8 Å². The maximum Gasteiger partial charge on any atom is 0.329 e. The van der Waals surface area contributed by atoms with Gasteiger partial charge in [0, 0.05) is 23.2 Å². The second-order valence-corrected chi connectivity index (χ2v) is 7.75. The lowest BCUT2D eigenvalue weighted by molar-refractivity contribution is -0.143. The first-order chi connectivity index (χ1) is 15.9. The summed E-state index contributed by atoms with van der Waals surface area (Å²) < 4.78 is 10.4. The molecular formula is C27H27NO5.